The molecule has 0 aromatic rings. The van der Waals surface area contributed by atoms with Crippen molar-refractivity contribution < 1.29 is 24.2 Å². The Morgan fingerprint density at radius 2 is 2.00 bits per heavy atom. The van der Waals surface area contributed by atoms with Crippen LogP contribution in [0.5, 0.6) is 0 Å². The Kier molecular flexibility index (Phi) is 2.99. The molecule has 5 atom stereocenters. The number of carbonyl (C=O) groups is 2. The summed E-state index contributed by atoms with van der Waals surface area (Å²) in [6, 6.07) is 0.136. The fraction of sp³-hybridized carbons (Fsp3) is 0.833. The second-order valence-corrected chi connectivity index (χ2v) is 5.29. The van der Waals surface area contributed by atoms with Gasteiger partial charge in [0.05, 0.1) is 25.7 Å². The van der Waals surface area contributed by atoms with Crippen LogP contribution in [0.1, 0.15) is 12.8 Å². The fourth-order valence-electron chi connectivity index (χ4n) is 2.74. The van der Waals surface area contributed by atoms with Crippen molar-refractivity contribution in [2.45, 2.75) is 25.0 Å². The highest BCUT2D eigenvalue weighted by Gasteiger charge is 2.57. The number of ether oxygens (including phenoxy) is 2. The second-order valence-electron chi connectivity index (χ2n) is 5.29. The van der Waals surface area contributed by atoms with Gasteiger partial charge >= 0.3 is 5.97 Å². The van der Waals surface area contributed by atoms with E-state index in [9.17, 15) is 9.59 Å². The molecule has 0 spiro atoms. The molecule has 0 radical (unpaired) electrons. The van der Waals surface area contributed by atoms with E-state index in [4.69, 9.17) is 14.6 Å². The normalized spacial score (nSPS) is 42.1. The van der Waals surface area contributed by atoms with E-state index >= 15 is 0 Å². The summed E-state index contributed by atoms with van der Waals surface area (Å²) in [5, 5.41) is 11.8. The van der Waals surface area contributed by atoms with E-state index in [1.165, 1.54) is 0 Å². The van der Waals surface area contributed by atoms with Gasteiger partial charge in [-0.1, -0.05) is 0 Å². The number of hydrogen-bond acceptors (Lipinski definition) is 4. The van der Waals surface area contributed by atoms with Crippen molar-refractivity contribution in [2.75, 3.05) is 19.8 Å². The van der Waals surface area contributed by atoms with Crippen LogP contribution in [0.4, 0.5) is 0 Å². The molecule has 3 aliphatic rings. The molecule has 3 rings (SSSR count). The molecule has 2 saturated carbocycles. The minimum Gasteiger partial charge on any atom is -0.481 e. The predicted molar refractivity (Wildman–Crippen MR) is 59.8 cm³/mol. The Morgan fingerprint density at radius 3 is 2.61 bits per heavy atom. The highest BCUT2D eigenvalue weighted by atomic mass is 16.6. The standard InChI is InChI=1S/C12H17NO5/c14-11(10-5-17-1-2-18-10)13-9-4-7(9)6-3-8(6)12(15)16/h6-10H,1-5H2,(H,13,14)(H,15,16)/t6-,7+,8-,9+,10?/m1/s1. The molecule has 6 heteroatoms. The molecule has 100 valence electrons. The van der Waals surface area contributed by atoms with Crippen LogP contribution in [0.25, 0.3) is 0 Å². The third kappa shape index (κ3) is 2.35. The van der Waals surface area contributed by atoms with Gasteiger partial charge in [0, 0.05) is 6.04 Å². The Labute approximate surface area is 105 Å². The zero-order chi connectivity index (χ0) is 12.7. The van der Waals surface area contributed by atoms with Gasteiger partial charge in [-0.05, 0) is 24.7 Å². The topological polar surface area (TPSA) is 84.9 Å². The monoisotopic (exact) mass is 255 g/mol. The molecule has 18 heavy (non-hydrogen) atoms. The number of carbonyl (C=O) groups excluding carboxylic acids is 1. The van der Waals surface area contributed by atoms with Gasteiger partial charge in [0.25, 0.3) is 5.91 Å². The molecule has 1 heterocycles. The molecular formula is C12H17NO5. The molecule has 1 amide bonds. The Morgan fingerprint density at radius 1 is 1.17 bits per heavy atom. The van der Waals surface area contributed by atoms with Crippen molar-refractivity contribution in [3.63, 3.8) is 0 Å². The van der Waals surface area contributed by atoms with Crippen LogP contribution >= 0.6 is 0 Å². The lowest BCUT2D eigenvalue weighted by Gasteiger charge is -2.22. The summed E-state index contributed by atoms with van der Waals surface area (Å²) < 4.78 is 10.5. The molecule has 2 aliphatic carbocycles. The van der Waals surface area contributed by atoms with E-state index in [1.54, 1.807) is 0 Å². The molecule has 1 aliphatic heterocycles. The van der Waals surface area contributed by atoms with Crippen LogP contribution in [0.15, 0.2) is 0 Å². The summed E-state index contributed by atoms with van der Waals surface area (Å²) in [7, 11) is 0. The molecular weight excluding hydrogens is 238 g/mol. The van der Waals surface area contributed by atoms with Gasteiger partial charge in [-0.3, -0.25) is 9.59 Å². The minimum absolute atomic E-state index is 0.130. The van der Waals surface area contributed by atoms with Crippen molar-refractivity contribution in [2.24, 2.45) is 17.8 Å². The number of rotatable bonds is 4. The highest BCUT2D eigenvalue weighted by Crippen LogP contribution is 2.54. The maximum Gasteiger partial charge on any atom is 0.306 e. The number of carboxylic acid groups (broad SMARTS) is 1. The molecule has 1 unspecified atom stereocenters. The van der Waals surface area contributed by atoms with Gasteiger partial charge in [0.2, 0.25) is 0 Å². The van der Waals surface area contributed by atoms with Gasteiger partial charge in [-0.15, -0.1) is 0 Å². The summed E-state index contributed by atoms with van der Waals surface area (Å²) >= 11 is 0. The number of carboxylic acids is 1. The minimum atomic E-state index is -0.707. The van der Waals surface area contributed by atoms with Crippen LogP contribution in [-0.2, 0) is 19.1 Å². The molecule has 6 nitrogen and oxygen atoms in total. The van der Waals surface area contributed by atoms with E-state index in [-0.39, 0.29) is 23.8 Å². The van der Waals surface area contributed by atoms with Crippen LogP contribution in [0.3, 0.4) is 0 Å². The first kappa shape index (κ1) is 11.9. The van der Waals surface area contributed by atoms with Crippen LogP contribution in [0, 0.1) is 17.8 Å². The third-order valence-electron chi connectivity index (χ3n) is 3.98. The lowest BCUT2D eigenvalue weighted by molar-refractivity contribution is -0.147. The zero-order valence-corrected chi connectivity index (χ0v) is 10.0. The van der Waals surface area contributed by atoms with Gasteiger partial charge in [-0.25, -0.2) is 0 Å². The summed E-state index contributed by atoms with van der Waals surface area (Å²) in [6.45, 7) is 1.30. The number of nitrogens with one attached hydrogen (secondary N) is 1. The lowest BCUT2D eigenvalue weighted by Crippen LogP contribution is -2.44. The zero-order valence-electron chi connectivity index (χ0n) is 10.0. The van der Waals surface area contributed by atoms with Crippen molar-refractivity contribution in [3.05, 3.63) is 0 Å². The number of amides is 1. The average molecular weight is 255 g/mol. The lowest BCUT2D eigenvalue weighted by atomic mass is 10.2. The Balaban J connectivity index is 1.42. The Bertz CT molecular complexity index is 365. The predicted octanol–water partition coefficient (Wildman–Crippen LogP) is -0.373. The van der Waals surface area contributed by atoms with Gasteiger partial charge in [0.15, 0.2) is 6.10 Å². The van der Waals surface area contributed by atoms with Crippen molar-refractivity contribution in [1.82, 2.24) is 5.32 Å². The van der Waals surface area contributed by atoms with E-state index in [0.29, 0.717) is 25.7 Å². The maximum atomic E-state index is 11.8. The first-order valence-electron chi connectivity index (χ1n) is 6.39. The van der Waals surface area contributed by atoms with Gasteiger partial charge in [-0.2, -0.15) is 0 Å². The van der Waals surface area contributed by atoms with Crippen LogP contribution in [-0.4, -0.2) is 48.9 Å². The largest absolute Gasteiger partial charge is 0.481 e. The molecule has 3 fully saturated rings. The first-order chi connectivity index (χ1) is 8.66. The summed E-state index contributed by atoms with van der Waals surface area (Å²) in [6.07, 6.45) is 1.15. The molecule has 1 saturated heterocycles. The number of hydrogen-bond donors (Lipinski definition) is 2. The average Bonchev–Trinajstić information content (AvgIpc) is 3.23. The van der Waals surface area contributed by atoms with E-state index in [2.05, 4.69) is 5.32 Å². The molecule has 0 aromatic carbocycles. The van der Waals surface area contributed by atoms with Gasteiger partial charge < -0.3 is 19.9 Å². The van der Waals surface area contributed by atoms with Crippen molar-refractivity contribution in [3.8, 4) is 0 Å². The fourth-order valence-corrected chi connectivity index (χ4v) is 2.74. The van der Waals surface area contributed by atoms with E-state index < -0.39 is 12.1 Å². The summed E-state index contributed by atoms with van der Waals surface area (Å²) in [4.78, 5) is 22.6. The maximum absolute atomic E-state index is 11.8. The summed E-state index contributed by atoms with van der Waals surface area (Å²) in [5.41, 5.74) is 0. The highest BCUT2D eigenvalue weighted by molar-refractivity contribution is 5.81. The quantitative estimate of drug-likeness (QED) is 0.715. The van der Waals surface area contributed by atoms with Crippen LogP contribution < -0.4 is 5.32 Å². The molecule has 0 aromatic heterocycles. The number of aliphatic carboxylic acids is 1. The second kappa shape index (κ2) is 4.51. The van der Waals surface area contributed by atoms with Gasteiger partial charge in [0.1, 0.15) is 0 Å². The van der Waals surface area contributed by atoms with E-state index in [0.717, 1.165) is 12.8 Å². The first-order valence-corrected chi connectivity index (χ1v) is 6.39. The van der Waals surface area contributed by atoms with Crippen molar-refractivity contribution in [1.29, 1.82) is 0 Å². The van der Waals surface area contributed by atoms with Crippen LogP contribution in [0.2, 0.25) is 0 Å². The Hall–Kier alpha value is -1.14. The van der Waals surface area contributed by atoms with Crippen molar-refractivity contribution >= 4 is 11.9 Å². The smallest absolute Gasteiger partial charge is 0.306 e. The third-order valence-corrected chi connectivity index (χ3v) is 3.98. The SMILES string of the molecule is O=C(N[C@H]1C[C@H]1[C@H]1C[C@H]1C(=O)O)C1COCCO1. The molecule has 2 N–H and O–H groups in total. The van der Waals surface area contributed by atoms with E-state index in [1.807, 2.05) is 0 Å². The summed E-state index contributed by atoms with van der Waals surface area (Å²) in [5.74, 6) is -0.419. The molecule has 0 bridgehead atoms.